The quantitative estimate of drug-likeness (QED) is 0.574. The minimum absolute atomic E-state index is 0.00908. The van der Waals surface area contributed by atoms with E-state index >= 15 is 0 Å². The van der Waals surface area contributed by atoms with Gasteiger partial charge in [-0.05, 0) is 24.3 Å². The Bertz CT molecular complexity index is 1010. The number of nitro groups is 1. The lowest BCUT2D eigenvalue weighted by Crippen LogP contribution is -2.22. The molecular weight excluding hydrogens is 398 g/mol. The number of hydrogen-bond acceptors (Lipinski definition) is 6. The van der Waals surface area contributed by atoms with Crippen molar-refractivity contribution in [2.24, 2.45) is 0 Å². The van der Waals surface area contributed by atoms with Gasteiger partial charge in [0.1, 0.15) is 5.75 Å². The topological polar surface area (TPSA) is 119 Å². The highest BCUT2D eigenvalue weighted by atomic mass is 35.5. The Labute approximate surface area is 160 Å². The number of nitrogens with one attached hydrogen (secondary N) is 1. The number of methoxy groups -OCH3 is 1. The molecule has 0 spiro atoms. The van der Waals surface area contributed by atoms with E-state index in [1.807, 2.05) is 0 Å². The van der Waals surface area contributed by atoms with E-state index < -0.39 is 20.9 Å². The van der Waals surface area contributed by atoms with E-state index in [1.54, 1.807) is 0 Å². The zero-order valence-electron chi connectivity index (χ0n) is 14.6. The van der Waals surface area contributed by atoms with Gasteiger partial charge < -0.3 is 10.1 Å². The van der Waals surface area contributed by atoms with E-state index in [0.717, 1.165) is 16.4 Å². The van der Waals surface area contributed by atoms with Crippen molar-refractivity contribution < 1.29 is 22.9 Å². The third kappa shape index (κ3) is 4.35. The molecule has 0 aliphatic heterocycles. The molecule has 1 N–H and O–H groups in total. The molecule has 0 unspecified atom stereocenters. The molecule has 2 rings (SSSR count). The molecule has 144 valence electrons. The number of anilines is 1. The fourth-order valence-corrected chi connectivity index (χ4v) is 3.34. The Kier molecular flexibility index (Phi) is 6.04. The molecule has 0 radical (unpaired) electrons. The molecule has 27 heavy (non-hydrogen) atoms. The van der Waals surface area contributed by atoms with Gasteiger partial charge in [-0.2, -0.15) is 0 Å². The van der Waals surface area contributed by atoms with Crippen molar-refractivity contribution in [3.05, 3.63) is 57.1 Å². The molecule has 0 bridgehead atoms. The van der Waals surface area contributed by atoms with Crippen molar-refractivity contribution in [1.82, 2.24) is 4.31 Å². The molecular formula is C16H16ClN3O6S. The van der Waals surface area contributed by atoms with Crippen LogP contribution in [0.4, 0.5) is 11.4 Å². The molecule has 9 nitrogen and oxygen atoms in total. The average molecular weight is 414 g/mol. The summed E-state index contributed by atoms with van der Waals surface area (Å²) in [6.45, 7) is 0. The summed E-state index contributed by atoms with van der Waals surface area (Å²) in [6.07, 6.45) is 0. The number of nitrogens with zero attached hydrogens (tertiary/aromatic N) is 2. The summed E-state index contributed by atoms with van der Waals surface area (Å²) in [7, 11) is 0.409. The molecule has 0 fully saturated rings. The molecule has 2 aromatic rings. The number of rotatable bonds is 6. The van der Waals surface area contributed by atoms with E-state index in [4.69, 9.17) is 16.3 Å². The average Bonchev–Trinajstić information content (AvgIpc) is 2.61. The highest BCUT2D eigenvalue weighted by Gasteiger charge is 2.21. The summed E-state index contributed by atoms with van der Waals surface area (Å²) in [5, 5.41) is 13.2. The Hall–Kier alpha value is -2.69. The minimum atomic E-state index is -3.72. The zero-order valence-corrected chi connectivity index (χ0v) is 16.2. The first-order valence-electron chi connectivity index (χ1n) is 7.43. The van der Waals surface area contributed by atoms with E-state index in [1.165, 1.54) is 45.5 Å². The molecule has 2 aromatic carbocycles. The number of amides is 1. The van der Waals surface area contributed by atoms with Crippen LogP contribution in [0.5, 0.6) is 5.75 Å². The Morgan fingerprint density at radius 1 is 1.22 bits per heavy atom. The zero-order chi connectivity index (χ0) is 20.4. The molecule has 0 saturated heterocycles. The molecule has 1 amide bonds. The minimum Gasteiger partial charge on any atom is -0.495 e. The van der Waals surface area contributed by atoms with Crippen molar-refractivity contribution >= 4 is 38.9 Å². The Morgan fingerprint density at radius 2 is 1.89 bits per heavy atom. The van der Waals surface area contributed by atoms with Crippen LogP contribution in [0.1, 0.15) is 10.4 Å². The van der Waals surface area contributed by atoms with Crippen LogP contribution in [0, 0.1) is 10.1 Å². The number of sulfonamides is 1. The van der Waals surface area contributed by atoms with Crippen molar-refractivity contribution in [1.29, 1.82) is 0 Å². The van der Waals surface area contributed by atoms with E-state index in [0.29, 0.717) is 0 Å². The van der Waals surface area contributed by atoms with Crippen LogP contribution in [0.25, 0.3) is 0 Å². The summed E-state index contributed by atoms with van der Waals surface area (Å²) in [4.78, 5) is 22.6. The smallest absolute Gasteiger partial charge is 0.270 e. The first-order chi connectivity index (χ1) is 12.6. The predicted octanol–water partition coefficient (Wildman–Crippen LogP) is 2.76. The van der Waals surface area contributed by atoms with Gasteiger partial charge in [0, 0.05) is 26.2 Å². The lowest BCUT2D eigenvalue weighted by Gasteiger charge is -2.15. The van der Waals surface area contributed by atoms with Crippen LogP contribution >= 0.6 is 11.6 Å². The van der Waals surface area contributed by atoms with Gasteiger partial charge in [-0.25, -0.2) is 12.7 Å². The molecule has 0 heterocycles. The van der Waals surface area contributed by atoms with Crippen molar-refractivity contribution in [3.8, 4) is 5.75 Å². The highest BCUT2D eigenvalue weighted by molar-refractivity contribution is 7.89. The number of carbonyl (C=O) groups is 1. The summed E-state index contributed by atoms with van der Waals surface area (Å²) in [5.74, 6) is -0.438. The van der Waals surface area contributed by atoms with E-state index in [9.17, 15) is 23.3 Å². The number of carbonyl (C=O) groups excluding carboxylic acids is 1. The molecule has 0 atom stereocenters. The maximum Gasteiger partial charge on any atom is 0.270 e. The van der Waals surface area contributed by atoms with Gasteiger partial charge in [0.15, 0.2) is 0 Å². The van der Waals surface area contributed by atoms with Crippen molar-refractivity contribution in [2.45, 2.75) is 4.90 Å². The lowest BCUT2D eigenvalue weighted by molar-refractivity contribution is -0.384. The predicted molar refractivity (Wildman–Crippen MR) is 99.9 cm³/mol. The Balaban J connectivity index is 2.41. The maximum atomic E-state index is 12.5. The van der Waals surface area contributed by atoms with Crippen LogP contribution in [-0.2, 0) is 10.0 Å². The number of ether oxygens (including phenoxy) is 1. The van der Waals surface area contributed by atoms with Crippen molar-refractivity contribution in [2.75, 3.05) is 26.5 Å². The first-order valence-corrected chi connectivity index (χ1v) is 9.25. The fraction of sp³-hybridized carbons (Fsp3) is 0.188. The van der Waals surface area contributed by atoms with Gasteiger partial charge in [0.25, 0.3) is 11.6 Å². The number of hydrogen-bond donors (Lipinski definition) is 1. The van der Waals surface area contributed by atoms with E-state index in [-0.39, 0.29) is 32.6 Å². The summed E-state index contributed by atoms with van der Waals surface area (Å²) >= 11 is 5.95. The first kappa shape index (κ1) is 20.6. The van der Waals surface area contributed by atoms with Gasteiger partial charge in [0.2, 0.25) is 10.0 Å². The second kappa shape index (κ2) is 7.91. The number of benzene rings is 2. The van der Waals surface area contributed by atoms with Gasteiger partial charge in [-0.3, -0.25) is 14.9 Å². The largest absolute Gasteiger partial charge is 0.495 e. The van der Waals surface area contributed by atoms with Gasteiger partial charge in [0.05, 0.1) is 33.2 Å². The molecule has 0 aromatic heterocycles. The standard InChI is InChI=1S/C16H16ClN3O6S/c1-19(2)27(24,25)11-5-7-15(26-3)14(9-11)18-16(21)12-6-4-10(20(22)23)8-13(12)17/h4-9H,1-3H3,(H,18,21). The van der Waals surface area contributed by atoms with Gasteiger partial charge in [-0.15, -0.1) is 0 Å². The van der Waals surface area contributed by atoms with Gasteiger partial charge in [-0.1, -0.05) is 11.6 Å². The highest BCUT2D eigenvalue weighted by Crippen LogP contribution is 2.30. The molecule has 11 heteroatoms. The lowest BCUT2D eigenvalue weighted by atomic mass is 10.2. The van der Waals surface area contributed by atoms with Crippen LogP contribution in [0.15, 0.2) is 41.3 Å². The normalized spacial score (nSPS) is 11.3. The van der Waals surface area contributed by atoms with E-state index in [2.05, 4.69) is 5.32 Å². The summed E-state index contributed by atoms with van der Waals surface area (Å²) < 4.78 is 30.7. The molecule has 0 saturated carbocycles. The van der Waals surface area contributed by atoms with Crippen LogP contribution < -0.4 is 10.1 Å². The summed E-state index contributed by atoms with van der Waals surface area (Å²) in [5.41, 5.74) is -0.154. The van der Waals surface area contributed by atoms with Crippen LogP contribution in [0.2, 0.25) is 5.02 Å². The third-order valence-corrected chi connectivity index (χ3v) is 5.73. The van der Waals surface area contributed by atoms with Crippen LogP contribution in [-0.4, -0.2) is 44.8 Å². The number of non-ortho nitro benzene ring substituents is 1. The monoisotopic (exact) mass is 413 g/mol. The SMILES string of the molecule is COc1ccc(S(=O)(=O)N(C)C)cc1NC(=O)c1ccc([N+](=O)[O-])cc1Cl. The number of halogens is 1. The Morgan fingerprint density at radius 3 is 2.41 bits per heavy atom. The summed E-state index contributed by atoms with van der Waals surface area (Å²) in [6, 6.07) is 7.42. The second-order valence-electron chi connectivity index (χ2n) is 5.52. The fourth-order valence-electron chi connectivity index (χ4n) is 2.15. The molecule has 0 aliphatic rings. The van der Waals surface area contributed by atoms with Crippen LogP contribution in [0.3, 0.4) is 0 Å². The third-order valence-electron chi connectivity index (χ3n) is 3.61. The number of nitro benzene ring substituents is 1. The second-order valence-corrected chi connectivity index (χ2v) is 8.08. The molecule has 0 aliphatic carbocycles. The maximum absolute atomic E-state index is 12.5. The van der Waals surface area contributed by atoms with Crippen molar-refractivity contribution in [3.63, 3.8) is 0 Å². The van der Waals surface area contributed by atoms with Gasteiger partial charge >= 0.3 is 0 Å².